The quantitative estimate of drug-likeness (QED) is 0.105. The molecular formula is C37H46IrNO2S-. The minimum absolute atomic E-state index is 0. The predicted octanol–water partition coefficient (Wildman–Crippen LogP) is 10.8. The van der Waals surface area contributed by atoms with Crippen molar-refractivity contribution in [2.45, 2.75) is 88.0 Å². The maximum absolute atomic E-state index is 11.7. The second-order valence-electron chi connectivity index (χ2n) is 11.2. The summed E-state index contributed by atoms with van der Waals surface area (Å²) >= 11 is 1.85. The molecule has 0 aliphatic heterocycles. The van der Waals surface area contributed by atoms with Gasteiger partial charge in [-0.2, -0.15) is 0 Å². The van der Waals surface area contributed by atoms with Gasteiger partial charge in [0.15, 0.2) is 5.78 Å². The Morgan fingerprint density at radius 3 is 1.98 bits per heavy atom. The third-order valence-corrected chi connectivity index (χ3v) is 8.95. The Kier molecular flexibility index (Phi) is 13.8. The van der Waals surface area contributed by atoms with Crippen LogP contribution in [-0.2, 0) is 24.9 Å². The van der Waals surface area contributed by atoms with Crippen LogP contribution in [0.4, 0.5) is 0 Å². The van der Waals surface area contributed by atoms with Crippen LogP contribution in [0.1, 0.15) is 81.2 Å². The number of aryl methyl sites for hydroxylation is 5. The van der Waals surface area contributed by atoms with E-state index in [-0.39, 0.29) is 43.5 Å². The number of aliphatic hydroxyl groups is 1. The monoisotopic (exact) mass is 761 g/mol. The summed E-state index contributed by atoms with van der Waals surface area (Å²) in [4.78, 5) is 17.7. The molecule has 3 nitrogen and oxygen atoms in total. The Balaban J connectivity index is 0.000000334. The number of hydrogen-bond acceptors (Lipinski definition) is 4. The van der Waals surface area contributed by atoms with Gasteiger partial charge in [0, 0.05) is 59.2 Å². The van der Waals surface area contributed by atoms with E-state index >= 15 is 0 Å². The zero-order chi connectivity index (χ0) is 30.3. The van der Waals surface area contributed by atoms with Gasteiger partial charge in [-0.05, 0) is 74.9 Å². The number of ketones is 1. The number of aliphatic hydroxyl groups excluding tert-OH is 1. The van der Waals surface area contributed by atoms with Gasteiger partial charge in [0.05, 0.1) is 5.76 Å². The minimum Gasteiger partial charge on any atom is -0.512 e. The van der Waals surface area contributed by atoms with E-state index in [0.717, 1.165) is 42.5 Å². The van der Waals surface area contributed by atoms with Crippen LogP contribution in [0.5, 0.6) is 0 Å². The maximum Gasteiger partial charge on any atom is 0.162 e. The number of allylic oxidation sites excluding steroid dienone is 2. The molecule has 5 heteroatoms. The zero-order valence-corrected chi connectivity index (χ0v) is 29.9. The summed E-state index contributed by atoms with van der Waals surface area (Å²) in [5, 5.41) is 11.0. The summed E-state index contributed by atoms with van der Waals surface area (Å²) in [6, 6.07) is 16.7. The largest absolute Gasteiger partial charge is 0.512 e. The molecule has 4 aromatic rings. The molecular weight excluding hydrogens is 715 g/mol. The van der Waals surface area contributed by atoms with Crippen molar-refractivity contribution >= 4 is 27.2 Å². The Morgan fingerprint density at radius 1 is 0.857 bits per heavy atom. The van der Waals surface area contributed by atoms with Crippen LogP contribution in [0.25, 0.3) is 31.8 Å². The van der Waals surface area contributed by atoms with Crippen LogP contribution in [0, 0.1) is 52.5 Å². The van der Waals surface area contributed by atoms with Gasteiger partial charge < -0.3 is 10.1 Å². The average Bonchev–Trinajstić information content (AvgIpc) is 3.32. The number of nitrogens with zero attached hydrogens (tertiary/aromatic N) is 1. The van der Waals surface area contributed by atoms with Gasteiger partial charge in [-0.15, -0.1) is 46.2 Å². The zero-order valence-electron chi connectivity index (χ0n) is 26.6. The third-order valence-electron chi connectivity index (χ3n) is 7.83. The molecule has 1 N–H and O–H groups in total. The van der Waals surface area contributed by atoms with Gasteiger partial charge in [0.25, 0.3) is 0 Å². The van der Waals surface area contributed by atoms with E-state index in [1.54, 1.807) is 0 Å². The van der Waals surface area contributed by atoms with Crippen molar-refractivity contribution in [2.24, 2.45) is 11.8 Å². The molecule has 0 fully saturated rings. The molecule has 0 aliphatic rings. The van der Waals surface area contributed by atoms with Crippen molar-refractivity contribution in [1.29, 1.82) is 0 Å². The minimum atomic E-state index is 0. The van der Waals surface area contributed by atoms with E-state index in [4.69, 9.17) is 4.98 Å². The molecule has 227 valence electrons. The first kappa shape index (κ1) is 35.6. The summed E-state index contributed by atoms with van der Waals surface area (Å²) in [5.74, 6) is 0.547. The molecule has 2 heterocycles. The number of fused-ring (bicyclic) bond motifs is 1. The molecule has 4 rings (SSSR count). The number of aromatic nitrogens is 1. The Labute approximate surface area is 270 Å². The van der Waals surface area contributed by atoms with Crippen LogP contribution in [0.15, 0.2) is 54.4 Å². The van der Waals surface area contributed by atoms with Gasteiger partial charge in [-0.3, -0.25) is 4.79 Å². The molecule has 0 spiro atoms. The second kappa shape index (κ2) is 16.3. The van der Waals surface area contributed by atoms with E-state index in [9.17, 15) is 9.90 Å². The predicted molar refractivity (Wildman–Crippen MR) is 177 cm³/mol. The Bertz CT molecular complexity index is 1480. The molecule has 0 aliphatic carbocycles. The molecule has 0 saturated heterocycles. The van der Waals surface area contributed by atoms with Crippen molar-refractivity contribution in [1.82, 2.24) is 4.98 Å². The number of rotatable bonds is 9. The van der Waals surface area contributed by atoms with Gasteiger partial charge >= 0.3 is 0 Å². The average molecular weight is 761 g/mol. The first-order valence-electron chi connectivity index (χ1n) is 14.9. The van der Waals surface area contributed by atoms with Gasteiger partial charge in [-0.1, -0.05) is 65.3 Å². The van der Waals surface area contributed by atoms with Crippen molar-refractivity contribution in [3.05, 3.63) is 88.3 Å². The van der Waals surface area contributed by atoms with E-state index in [0.29, 0.717) is 0 Å². The normalized spacial score (nSPS) is 11.5. The van der Waals surface area contributed by atoms with Crippen molar-refractivity contribution in [3.63, 3.8) is 0 Å². The maximum atomic E-state index is 11.7. The van der Waals surface area contributed by atoms with Crippen LogP contribution in [0.2, 0.25) is 0 Å². The molecule has 0 amide bonds. The number of benzene rings is 2. The summed E-state index contributed by atoms with van der Waals surface area (Å²) in [6.07, 6.45) is 6.90. The first-order chi connectivity index (χ1) is 19.5. The molecule has 2 aromatic heterocycles. The van der Waals surface area contributed by atoms with E-state index in [1.807, 2.05) is 45.2 Å². The van der Waals surface area contributed by atoms with Crippen LogP contribution in [0.3, 0.4) is 0 Å². The molecule has 1 radical (unpaired) electrons. The first-order valence-corrected chi connectivity index (χ1v) is 15.8. The number of carbonyl (C=O) groups is 1. The van der Waals surface area contributed by atoms with Gasteiger partial charge in [0.1, 0.15) is 0 Å². The summed E-state index contributed by atoms with van der Waals surface area (Å²) in [6.45, 7) is 18.8. The molecule has 42 heavy (non-hydrogen) atoms. The standard InChI is InChI=1S/C24H22NS.C13H24O2.Ir/c1-14-6-15(2)10-19(9-14)21-12-22-20(13-25-21)11-23(26-22)24-17(4)7-16(3)8-18(24)5;1-5-10(6-2)12(14)9-13(15)11(7-3)8-4;/h6-9,11-13H,1-5H3;9-11,14H,5-8H2,1-4H3;/q-1;;/b;12-9-;. The molecule has 2 aromatic carbocycles. The summed E-state index contributed by atoms with van der Waals surface area (Å²) < 4.78 is 1.27. The van der Waals surface area contributed by atoms with Crippen molar-refractivity contribution in [2.75, 3.05) is 0 Å². The van der Waals surface area contributed by atoms with Crippen LogP contribution in [-0.4, -0.2) is 15.9 Å². The van der Waals surface area contributed by atoms with E-state index < -0.39 is 0 Å². The third kappa shape index (κ3) is 8.96. The fraction of sp³-hybridized carbons (Fsp3) is 0.405. The van der Waals surface area contributed by atoms with Crippen molar-refractivity contribution in [3.8, 4) is 21.7 Å². The fourth-order valence-electron chi connectivity index (χ4n) is 5.59. The number of thiophene rings is 1. The topological polar surface area (TPSA) is 50.2 Å². The fourth-order valence-corrected chi connectivity index (χ4v) is 6.83. The molecule has 0 atom stereocenters. The molecule has 0 bridgehead atoms. The smallest absolute Gasteiger partial charge is 0.162 e. The van der Waals surface area contributed by atoms with Gasteiger partial charge in [-0.25, -0.2) is 0 Å². The number of carbonyl (C=O) groups excluding carboxylic acids is 1. The molecule has 0 unspecified atom stereocenters. The Hall–Kier alpha value is -2.59. The second-order valence-corrected chi connectivity index (χ2v) is 12.3. The summed E-state index contributed by atoms with van der Waals surface area (Å²) in [7, 11) is 0. The summed E-state index contributed by atoms with van der Waals surface area (Å²) in [5.41, 5.74) is 9.82. The van der Waals surface area contributed by atoms with Crippen LogP contribution >= 0.6 is 11.3 Å². The SMILES string of the molecule is CCC(CC)C(=O)/C=C(\O)C(CC)CC.Cc1[c-]c(-c2cc3sc(-c4c(C)cc(C)cc4C)cc3cn2)cc(C)c1.[Ir]. The van der Waals surface area contributed by atoms with E-state index in [2.05, 4.69) is 77.1 Å². The van der Waals surface area contributed by atoms with Gasteiger partial charge in [0.2, 0.25) is 0 Å². The number of hydrogen-bond donors (Lipinski definition) is 1. The van der Waals surface area contributed by atoms with Crippen molar-refractivity contribution < 1.29 is 30.0 Å². The number of pyridine rings is 1. The Morgan fingerprint density at radius 2 is 1.43 bits per heavy atom. The van der Waals surface area contributed by atoms with Crippen LogP contribution < -0.4 is 0 Å². The molecule has 0 saturated carbocycles. The van der Waals surface area contributed by atoms with E-state index in [1.165, 1.54) is 48.9 Å².